The first kappa shape index (κ1) is 33.7. The summed E-state index contributed by atoms with van der Waals surface area (Å²) in [5, 5.41) is 27.4. The van der Waals surface area contributed by atoms with Gasteiger partial charge in [0.25, 0.3) is 17.2 Å². The zero-order chi connectivity index (χ0) is 35.5. The van der Waals surface area contributed by atoms with Crippen LogP contribution in [0.2, 0.25) is 18.6 Å². The highest BCUT2D eigenvalue weighted by molar-refractivity contribution is 6.72. The summed E-state index contributed by atoms with van der Waals surface area (Å²) in [5.74, 6) is -1.54. The summed E-state index contributed by atoms with van der Waals surface area (Å²) < 4.78 is 24.3. The summed E-state index contributed by atoms with van der Waals surface area (Å²) in [4.78, 5) is 56.3. The fourth-order valence-electron chi connectivity index (χ4n) is 8.39. The number of rotatable bonds is 8. The number of nitro groups is 1. The molecule has 12 nitrogen and oxygen atoms in total. The van der Waals surface area contributed by atoms with Gasteiger partial charge >= 0.3 is 0 Å². The molecule has 0 aliphatic carbocycles. The number of nitrogens with zero attached hydrogens (tertiary/aromatic N) is 5. The number of likely N-dealkylation sites (tertiary alicyclic amines) is 1. The summed E-state index contributed by atoms with van der Waals surface area (Å²) in [6.07, 6.45) is 1.88. The Morgan fingerprint density at radius 3 is 2.66 bits per heavy atom. The Labute approximate surface area is 288 Å². The van der Waals surface area contributed by atoms with Crippen LogP contribution in [-0.2, 0) is 26.5 Å². The van der Waals surface area contributed by atoms with Gasteiger partial charge in [0, 0.05) is 41.1 Å². The lowest BCUT2D eigenvalue weighted by Crippen LogP contribution is -2.45. The average molecular weight is 700 g/mol. The molecule has 0 unspecified atom stereocenters. The van der Waals surface area contributed by atoms with Crippen LogP contribution < -0.4 is 10.5 Å². The first-order valence-corrected chi connectivity index (χ1v) is 19.7. The first-order valence-electron chi connectivity index (χ1n) is 16.8. The topological polar surface area (TPSA) is 148 Å². The Morgan fingerprint density at radius 1 is 1.14 bits per heavy atom. The van der Waals surface area contributed by atoms with E-state index in [0.29, 0.717) is 40.7 Å². The van der Waals surface area contributed by atoms with Crippen LogP contribution in [0.15, 0.2) is 77.7 Å². The van der Waals surface area contributed by atoms with Gasteiger partial charge < -0.3 is 23.8 Å². The third-order valence-electron chi connectivity index (χ3n) is 10.6. The third-order valence-corrected chi connectivity index (χ3v) is 13.1. The second-order valence-corrected chi connectivity index (χ2v) is 17.8. The fraction of sp³-hybridized carbons (Fsp3) is 0.389. The monoisotopic (exact) mass is 699 g/mol. The zero-order valence-electron chi connectivity index (χ0n) is 28.0. The molecular formula is C36H38FN5O7Si. The summed E-state index contributed by atoms with van der Waals surface area (Å²) in [5.41, 5.74) is -1.31. The van der Waals surface area contributed by atoms with Gasteiger partial charge in [0.05, 0.1) is 59.6 Å². The van der Waals surface area contributed by atoms with Crippen molar-refractivity contribution in [2.45, 2.75) is 69.1 Å². The molecule has 14 heteroatoms. The van der Waals surface area contributed by atoms with Crippen molar-refractivity contribution in [3.63, 3.8) is 0 Å². The van der Waals surface area contributed by atoms with E-state index < -0.39 is 42.4 Å². The summed E-state index contributed by atoms with van der Waals surface area (Å²) in [6, 6.07) is 18.0. The first-order chi connectivity index (χ1) is 23.8. The number of anilines is 1. The number of non-ortho nitro benzene ring substituents is 1. The van der Waals surface area contributed by atoms with Gasteiger partial charge in [-0.05, 0) is 55.8 Å². The molecule has 0 bridgehead atoms. The number of aliphatic hydroxyl groups excluding tert-OH is 1. The van der Waals surface area contributed by atoms with Crippen LogP contribution in [-0.4, -0.2) is 70.2 Å². The minimum Gasteiger partial charge on any atom is -0.394 e. The Morgan fingerprint density at radius 2 is 1.92 bits per heavy atom. The van der Waals surface area contributed by atoms with E-state index in [2.05, 4.69) is 5.10 Å². The average Bonchev–Trinajstić information content (AvgIpc) is 3.75. The number of nitro benzene ring substituents is 1. The molecule has 1 spiro atoms. The number of carbonyl (C=O) groups excluding carboxylic acids is 2. The highest BCUT2D eigenvalue weighted by Crippen LogP contribution is 2.60. The number of benzene rings is 3. The Bertz CT molecular complexity index is 2090. The van der Waals surface area contributed by atoms with Gasteiger partial charge in [-0.15, -0.1) is 0 Å². The minimum atomic E-state index is -3.62. The second-order valence-electron chi connectivity index (χ2n) is 14.0. The van der Waals surface area contributed by atoms with E-state index in [9.17, 15) is 29.6 Å². The van der Waals surface area contributed by atoms with Crippen LogP contribution in [0.3, 0.4) is 0 Å². The molecule has 3 aliphatic rings. The number of hydrogen-bond donors (Lipinski definition) is 1. The Balaban J connectivity index is 1.27. The van der Waals surface area contributed by atoms with E-state index in [1.807, 2.05) is 12.1 Å². The predicted octanol–water partition coefficient (Wildman–Crippen LogP) is 4.99. The van der Waals surface area contributed by atoms with E-state index in [1.165, 1.54) is 40.9 Å². The standard InChI is InChI=1S/C36H38FN5O7Si/c1-22-33(50(2,3)37)31(18-32(44)39-15-7-11-27(39)21-43)49-36(22)29-17-26(42(47)48)13-14-30(29)40(35(36)46)20-23-8-6-10-25(16-23)41-34(45)28-12-5-4-9-24(28)19-38-41/h4-6,8-10,12-14,16-17,19,22,27,31,33,43H,7,11,15,18,20-21H2,1-3H3/t22-,27+,31+,33-,36+/m1/s1. The quantitative estimate of drug-likeness (QED) is 0.117. The third kappa shape index (κ3) is 5.42. The lowest BCUT2D eigenvalue weighted by Gasteiger charge is -2.31. The lowest BCUT2D eigenvalue weighted by atomic mass is 9.82. The van der Waals surface area contributed by atoms with Crippen molar-refractivity contribution >= 4 is 42.4 Å². The molecule has 0 radical (unpaired) electrons. The second kappa shape index (κ2) is 12.5. The molecule has 1 N–H and O–H groups in total. The number of hydrogen-bond acceptors (Lipinski definition) is 8. The fourth-order valence-corrected chi connectivity index (χ4v) is 10.9. The molecule has 4 heterocycles. The van der Waals surface area contributed by atoms with Crippen molar-refractivity contribution in [2.75, 3.05) is 18.1 Å². The molecule has 260 valence electrons. The summed E-state index contributed by atoms with van der Waals surface area (Å²) >= 11 is 0. The van der Waals surface area contributed by atoms with Crippen LogP contribution >= 0.6 is 0 Å². The van der Waals surface area contributed by atoms with Crippen LogP contribution in [0.5, 0.6) is 0 Å². The molecule has 3 aromatic carbocycles. The van der Waals surface area contributed by atoms with Gasteiger partial charge in [-0.2, -0.15) is 9.78 Å². The van der Waals surface area contributed by atoms with Crippen molar-refractivity contribution in [1.29, 1.82) is 0 Å². The minimum absolute atomic E-state index is 0.0221. The van der Waals surface area contributed by atoms with Crippen LogP contribution in [0.4, 0.5) is 15.5 Å². The largest absolute Gasteiger partial charge is 0.394 e. The van der Waals surface area contributed by atoms with Gasteiger partial charge in [0.1, 0.15) is 0 Å². The summed E-state index contributed by atoms with van der Waals surface area (Å²) in [7, 11) is -3.62. The maximum atomic E-state index is 16.3. The van der Waals surface area contributed by atoms with Crippen molar-refractivity contribution < 1.29 is 28.5 Å². The van der Waals surface area contributed by atoms with Gasteiger partial charge in [-0.25, -0.2) is 0 Å². The number of aromatic nitrogens is 2. The molecule has 2 saturated heterocycles. The van der Waals surface area contributed by atoms with E-state index in [-0.39, 0.29) is 48.3 Å². The maximum absolute atomic E-state index is 16.3. The smallest absolute Gasteiger partial charge is 0.279 e. The number of halogens is 1. The molecule has 2 fully saturated rings. The zero-order valence-corrected chi connectivity index (χ0v) is 29.0. The van der Waals surface area contributed by atoms with E-state index in [4.69, 9.17) is 4.74 Å². The molecule has 3 aliphatic heterocycles. The maximum Gasteiger partial charge on any atom is 0.279 e. The number of fused-ring (bicyclic) bond motifs is 3. The Hall–Kier alpha value is -4.79. The number of ether oxygens (including phenoxy) is 1. The van der Waals surface area contributed by atoms with Crippen LogP contribution in [0, 0.1) is 16.0 Å². The van der Waals surface area contributed by atoms with E-state index in [1.54, 1.807) is 54.4 Å². The highest BCUT2D eigenvalue weighted by atomic mass is 28.4. The van der Waals surface area contributed by atoms with E-state index >= 15 is 4.11 Å². The molecule has 1 aromatic heterocycles. The predicted molar refractivity (Wildman–Crippen MR) is 186 cm³/mol. The van der Waals surface area contributed by atoms with E-state index in [0.717, 1.165) is 6.42 Å². The van der Waals surface area contributed by atoms with Gasteiger partial charge in [-0.1, -0.05) is 37.3 Å². The Kier molecular flexibility index (Phi) is 8.43. The van der Waals surface area contributed by atoms with Crippen molar-refractivity contribution in [1.82, 2.24) is 14.7 Å². The molecule has 0 saturated carbocycles. The number of aliphatic hydroxyl groups is 1. The lowest BCUT2D eigenvalue weighted by molar-refractivity contribution is -0.385. The summed E-state index contributed by atoms with van der Waals surface area (Å²) in [6.45, 7) is 5.11. The van der Waals surface area contributed by atoms with Crippen LogP contribution in [0.1, 0.15) is 37.3 Å². The van der Waals surface area contributed by atoms with Crippen LogP contribution in [0.25, 0.3) is 16.5 Å². The molecule has 7 rings (SSSR count). The molecule has 5 atom stereocenters. The van der Waals surface area contributed by atoms with Gasteiger partial charge in [0.2, 0.25) is 14.3 Å². The number of carbonyl (C=O) groups is 2. The highest BCUT2D eigenvalue weighted by Gasteiger charge is 2.67. The molecule has 50 heavy (non-hydrogen) atoms. The molecular weight excluding hydrogens is 662 g/mol. The van der Waals surface area contributed by atoms with Gasteiger partial charge in [0.15, 0.2) is 5.60 Å². The van der Waals surface area contributed by atoms with Crippen molar-refractivity contribution in [3.05, 3.63) is 105 Å². The molecule has 4 aromatic rings. The number of amides is 2. The normalized spacial score (nSPS) is 24.8. The van der Waals surface area contributed by atoms with Gasteiger partial charge in [-0.3, -0.25) is 24.5 Å². The SMILES string of the molecule is C[C@@H]1[C@@H]([Si](C)(C)F)[C@H](CC(=O)N2CCC[C@H]2CO)O[C@@]12C(=O)N(Cc1cccc(-n3ncc4ccccc4c3=O)c1)c1ccc([N+](=O)[O-])cc12. The molecule has 2 amide bonds. The van der Waals surface area contributed by atoms with Crippen molar-refractivity contribution in [3.8, 4) is 5.69 Å². The van der Waals surface area contributed by atoms with Crippen molar-refractivity contribution in [2.24, 2.45) is 5.92 Å².